The molecule has 0 aliphatic heterocycles. The van der Waals surface area contributed by atoms with Gasteiger partial charge in [0.05, 0.1) is 28.1 Å². The zero-order valence-electron chi connectivity index (χ0n) is 16.8. The summed E-state index contributed by atoms with van der Waals surface area (Å²) in [6.45, 7) is 2.03. The number of pyridine rings is 1. The number of halogens is 1. The van der Waals surface area contributed by atoms with Gasteiger partial charge in [-0.15, -0.1) is 0 Å². The van der Waals surface area contributed by atoms with Crippen LogP contribution in [0.1, 0.15) is 5.56 Å². The lowest BCUT2D eigenvalue weighted by Gasteiger charge is -2.19. The number of aryl methyl sites for hydroxylation is 1. The molecule has 1 amide bonds. The van der Waals surface area contributed by atoms with Crippen LogP contribution in [0.25, 0.3) is 21.8 Å². The van der Waals surface area contributed by atoms with E-state index in [1.54, 1.807) is 19.2 Å². The fourth-order valence-corrected chi connectivity index (χ4v) is 3.69. The predicted octanol–water partition coefficient (Wildman–Crippen LogP) is 6.25. The zero-order valence-corrected chi connectivity index (χ0v) is 17.6. The molecule has 3 aromatic carbocycles. The van der Waals surface area contributed by atoms with E-state index in [-0.39, 0.29) is 0 Å². The van der Waals surface area contributed by atoms with E-state index in [1.165, 1.54) is 11.9 Å². The second-order valence-corrected chi connectivity index (χ2v) is 7.50. The van der Waals surface area contributed by atoms with Gasteiger partial charge >= 0.3 is 6.09 Å². The molecule has 152 valence electrons. The Labute approximate surface area is 179 Å². The summed E-state index contributed by atoms with van der Waals surface area (Å²) >= 11 is 6.22. The molecule has 4 aromatic rings. The molecule has 0 bridgehead atoms. The number of para-hydroxylation sites is 1. The first kappa shape index (κ1) is 19.8. The minimum atomic E-state index is -1.02. The number of carboxylic acid groups (broad SMARTS) is 1. The highest BCUT2D eigenvalue weighted by Gasteiger charge is 2.15. The van der Waals surface area contributed by atoms with Crippen molar-refractivity contribution in [1.82, 2.24) is 4.98 Å². The molecule has 6 nitrogen and oxygen atoms in total. The van der Waals surface area contributed by atoms with Crippen LogP contribution in [0.5, 0.6) is 0 Å². The van der Waals surface area contributed by atoms with Gasteiger partial charge in [0.2, 0.25) is 0 Å². The number of nitrogens with zero attached hydrogens (tertiary/aromatic N) is 2. The van der Waals surface area contributed by atoms with Crippen molar-refractivity contribution in [3.8, 4) is 0 Å². The van der Waals surface area contributed by atoms with Crippen LogP contribution in [0.2, 0.25) is 5.02 Å². The highest BCUT2D eigenvalue weighted by molar-refractivity contribution is 6.31. The quantitative estimate of drug-likeness (QED) is 0.340. The zero-order chi connectivity index (χ0) is 21.4. The smallest absolute Gasteiger partial charge is 0.411 e. The van der Waals surface area contributed by atoms with Crippen molar-refractivity contribution in [2.75, 3.05) is 29.6 Å². The number of fused-ring (bicyclic) bond motifs is 2. The summed E-state index contributed by atoms with van der Waals surface area (Å²) in [5.41, 5.74) is 5.88. The fraction of sp³-hybridized carbons (Fsp3) is 0.130. The number of hydrogen-bond acceptors (Lipinski definition) is 4. The topological polar surface area (TPSA) is 77.5 Å². The average Bonchev–Trinajstić information content (AvgIpc) is 2.73. The summed E-state index contributed by atoms with van der Waals surface area (Å²) in [5.74, 6) is 0. The maximum atomic E-state index is 11.3. The van der Waals surface area contributed by atoms with E-state index in [0.717, 1.165) is 44.4 Å². The first-order valence-electron chi connectivity index (χ1n) is 9.43. The van der Waals surface area contributed by atoms with Crippen LogP contribution in [0, 0.1) is 6.92 Å². The summed E-state index contributed by atoms with van der Waals surface area (Å²) in [6, 6.07) is 17.2. The van der Waals surface area contributed by atoms with E-state index in [1.807, 2.05) is 49.4 Å². The van der Waals surface area contributed by atoms with Gasteiger partial charge in [-0.05, 0) is 48.9 Å². The molecule has 0 aliphatic carbocycles. The summed E-state index contributed by atoms with van der Waals surface area (Å²) in [7, 11) is 3.32. The molecule has 0 fully saturated rings. The van der Waals surface area contributed by atoms with E-state index >= 15 is 0 Å². The molecule has 0 saturated carbocycles. The average molecular weight is 421 g/mol. The standard InChI is InChI=1S/C23H21ClN4O2/c1-13-5-4-6-17-21(13)27-19-11-14(24)7-9-16(19)22(17)26-18-10-8-15(12-20(18)25-2)28(3)23(29)30/h4-12,25H,1-3H3,(H,26,27)(H,29,30). The fourth-order valence-electron chi connectivity index (χ4n) is 3.52. The number of carbonyl (C=O) groups is 1. The Balaban J connectivity index is 1.91. The van der Waals surface area contributed by atoms with Gasteiger partial charge in [0.1, 0.15) is 0 Å². The van der Waals surface area contributed by atoms with E-state index in [2.05, 4.69) is 10.6 Å². The normalized spacial score (nSPS) is 10.9. The lowest BCUT2D eigenvalue weighted by atomic mass is 10.0. The molecule has 0 aliphatic rings. The summed E-state index contributed by atoms with van der Waals surface area (Å²) in [4.78, 5) is 17.3. The van der Waals surface area contributed by atoms with Gasteiger partial charge in [-0.25, -0.2) is 9.78 Å². The molecular formula is C23H21ClN4O2. The van der Waals surface area contributed by atoms with Crippen LogP contribution in [0.3, 0.4) is 0 Å². The largest absolute Gasteiger partial charge is 0.465 e. The van der Waals surface area contributed by atoms with Crippen molar-refractivity contribution >= 4 is 62.2 Å². The molecule has 0 radical (unpaired) electrons. The Hall–Kier alpha value is -3.51. The number of rotatable bonds is 4. The third-order valence-corrected chi connectivity index (χ3v) is 5.41. The van der Waals surface area contributed by atoms with Crippen molar-refractivity contribution in [3.05, 3.63) is 65.2 Å². The Kier molecular flexibility index (Phi) is 5.10. The molecular weight excluding hydrogens is 400 g/mol. The van der Waals surface area contributed by atoms with Crippen LogP contribution in [-0.2, 0) is 0 Å². The number of anilines is 4. The van der Waals surface area contributed by atoms with Gasteiger partial charge in [0, 0.05) is 35.6 Å². The molecule has 7 heteroatoms. The van der Waals surface area contributed by atoms with Crippen LogP contribution >= 0.6 is 11.6 Å². The van der Waals surface area contributed by atoms with Crippen molar-refractivity contribution in [1.29, 1.82) is 0 Å². The van der Waals surface area contributed by atoms with Crippen LogP contribution in [0.4, 0.5) is 27.5 Å². The molecule has 0 unspecified atom stereocenters. The van der Waals surface area contributed by atoms with Gasteiger partial charge in [-0.3, -0.25) is 4.90 Å². The highest BCUT2D eigenvalue weighted by Crippen LogP contribution is 2.37. The number of amides is 1. The van der Waals surface area contributed by atoms with Crippen LogP contribution in [0.15, 0.2) is 54.6 Å². The van der Waals surface area contributed by atoms with Crippen LogP contribution < -0.4 is 15.5 Å². The van der Waals surface area contributed by atoms with E-state index in [0.29, 0.717) is 10.7 Å². The molecule has 1 heterocycles. The Bertz CT molecular complexity index is 1290. The first-order chi connectivity index (χ1) is 14.4. The van der Waals surface area contributed by atoms with Crippen molar-refractivity contribution in [2.24, 2.45) is 0 Å². The number of aromatic nitrogens is 1. The maximum Gasteiger partial charge on any atom is 0.411 e. The monoisotopic (exact) mass is 420 g/mol. The molecule has 1 aromatic heterocycles. The Morgan fingerprint density at radius 1 is 1.07 bits per heavy atom. The third-order valence-electron chi connectivity index (χ3n) is 5.17. The first-order valence-corrected chi connectivity index (χ1v) is 9.81. The SMILES string of the molecule is CNc1cc(N(C)C(=O)O)ccc1Nc1c2ccc(Cl)cc2nc2c(C)cccc12. The van der Waals surface area contributed by atoms with Gasteiger partial charge in [0.15, 0.2) is 0 Å². The summed E-state index contributed by atoms with van der Waals surface area (Å²) in [5, 5.41) is 18.5. The van der Waals surface area contributed by atoms with E-state index in [4.69, 9.17) is 16.6 Å². The van der Waals surface area contributed by atoms with Crippen molar-refractivity contribution in [3.63, 3.8) is 0 Å². The minimum Gasteiger partial charge on any atom is -0.465 e. The molecule has 4 rings (SSSR count). The predicted molar refractivity (Wildman–Crippen MR) is 125 cm³/mol. The van der Waals surface area contributed by atoms with Crippen molar-refractivity contribution < 1.29 is 9.90 Å². The summed E-state index contributed by atoms with van der Waals surface area (Å²) in [6.07, 6.45) is -1.02. The molecule has 0 saturated heterocycles. The molecule has 3 N–H and O–H groups in total. The van der Waals surface area contributed by atoms with Gasteiger partial charge in [0.25, 0.3) is 0 Å². The number of nitrogens with one attached hydrogen (secondary N) is 2. The molecule has 30 heavy (non-hydrogen) atoms. The van der Waals surface area contributed by atoms with E-state index < -0.39 is 6.09 Å². The second-order valence-electron chi connectivity index (χ2n) is 7.07. The Morgan fingerprint density at radius 3 is 2.60 bits per heavy atom. The van der Waals surface area contributed by atoms with E-state index in [9.17, 15) is 9.90 Å². The molecule has 0 spiro atoms. The third kappa shape index (κ3) is 3.46. The van der Waals surface area contributed by atoms with Gasteiger partial charge in [-0.1, -0.05) is 29.8 Å². The lowest BCUT2D eigenvalue weighted by Crippen LogP contribution is -2.23. The number of hydrogen-bond donors (Lipinski definition) is 3. The maximum absolute atomic E-state index is 11.3. The molecule has 0 atom stereocenters. The minimum absolute atomic E-state index is 0.574. The second kappa shape index (κ2) is 7.72. The Morgan fingerprint density at radius 2 is 1.87 bits per heavy atom. The summed E-state index contributed by atoms with van der Waals surface area (Å²) < 4.78 is 0. The van der Waals surface area contributed by atoms with Crippen molar-refractivity contribution in [2.45, 2.75) is 6.92 Å². The highest BCUT2D eigenvalue weighted by atomic mass is 35.5. The number of benzene rings is 3. The van der Waals surface area contributed by atoms with Gasteiger partial charge in [-0.2, -0.15) is 0 Å². The van der Waals surface area contributed by atoms with Crippen LogP contribution in [-0.4, -0.2) is 30.3 Å². The van der Waals surface area contributed by atoms with Gasteiger partial charge < -0.3 is 15.7 Å². The lowest BCUT2D eigenvalue weighted by molar-refractivity contribution is 0.203.